The van der Waals surface area contributed by atoms with Crippen molar-refractivity contribution in [1.29, 1.82) is 0 Å². The summed E-state index contributed by atoms with van der Waals surface area (Å²) >= 11 is 0. The smallest absolute Gasteiger partial charge is 0.124 e. The average Bonchev–Trinajstić information content (AvgIpc) is 2.29. The van der Waals surface area contributed by atoms with Crippen LogP contribution in [0.25, 0.3) is 0 Å². The normalized spacial score (nSPS) is 18.4. The van der Waals surface area contributed by atoms with E-state index in [-0.39, 0.29) is 0 Å². The molecule has 0 unspecified atom stereocenters. The third-order valence-electron chi connectivity index (χ3n) is 2.94. The SMILES string of the molecule is Oc1ccccc1/C=N/C1CCCCC1. The second-order valence-electron chi connectivity index (χ2n) is 4.13. The van der Waals surface area contributed by atoms with Crippen molar-refractivity contribution in [1.82, 2.24) is 0 Å². The van der Waals surface area contributed by atoms with Crippen LogP contribution in [-0.2, 0) is 0 Å². The van der Waals surface area contributed by atoms with Crippen LogP contribution in [0.1, 0.15) is 37.7 Å². The van der Waals surface area contributed by atoms with E-state index in [1.165, 1.54) is 32.1 Å². The van der Waals surface area contributed by atoms with Crippen molar-refractivity contribution < 1.29 is 5.11 Å². The van der Waals surface area contributed by atoms with Crippen LogP contribution in [0.5, 0.6) is 5.75 Å². The van der Waals surface area contributed by atoms with Crippen molar-refractivity contribution in [3.63, 3.8) is 0 Å². The van der Waals surface area contributed by atoms with Crippen molar-refractivity contribution >= 4 is 6.21 Å². The number of phenolic OH excluding ortho intramolecular Hbond substituents is 1. The van der Waals surface area contributed by atoms with Crippen LogP contribution in [0.15, 0.2) is 29.3 Å². The number of hydrogen-bond acceptors (Lipinski definition) is 2. The van der Waals surface area contributed by atoms with E-state index in [2.05, 4.69) is 4.99 Å². The van der Waals surface area contributed by atoms with Gasteiger partial charge in [-0.2, -0.15) is 0 Å². The molecule has 1 aromatic carbocycles. The van der Waals surface area contributed by atoms with Gasteiger partial charge in [-0.15, -0.1) is 0 Å². The van der Waals surface area contributed by atoms with Crippen molar-refractivity contribution in [2.75, 3.05) is 0 Å². The van der Waals surface area contributed by atoms with Gasteiger partial charge in [0.2, 0.25) is 0 Å². The molecule has 0 aromatic heterocycles. The maximum atomic E-state index is 9.55. The highest BCUT2D eigenvalue weighted by Gasteiger charge is 2.10. The molecule has 2 nitrogen and oxygen atoms in total. The molecule has 1 aliphatic carbocycles. The number of para-hydroxylation sites is 1. The summed E-state index contributed by atoms with van der Waals surface area (Å²) < 4.78 is 0. The fourth-order valence-electron chi connectivity index (χ4n) is 2.01. The molecule has 0 bridgehead atoms. The van der Waals surface area contributed by atoms with Gasteiger partial charge in [0.05, 0.1) is 0 Å². The zero-order valence-electron chi connectivity index (χ0n) is 8.89. The van der Waals surface area contributed by atoms with Crippen LogP contribution in [0.4, 0.5) is 0 Å². The highest BCUT2D eigenvalue weighted by molar-refractivity contribution is 5.83. The molecular weight excluding hydrogens is 186 g/mol. The summed E-state index contributed by atoms with van der Waals surface area (Å²) in [5, 5.41) is 9.55. The molecule has 0 aliphatic heterocycles. The molecule has 0 saturated heterocycles. The molecule has 1 fully saturated rings. The molecule has 0 amide bonds. The Morgan fingerprint density at radius 3 is 2.60 bits per heavy atom. The molecule has 1 N–H and O–H groups in total. The summed E-state index contributed by atoms with van der Waals surface area (Å²) in [6, 6.07) is 7.80. The molecule has 2 heteroatoms. The number of aromatic hydroxyl groups is 1. The lowest BCUT2D eigenvalue weighted by Gasteiger charge is -2.17. The molecular formula is C13H17NO. The first-order valence-corrected chi connectivity index (χ1v) is 5.67. The van der Waals surface area contributed by atoms with Gasteiger partial charge >= 0.3 is 0 Å². The summed E-state index contributed by atoms with van der Waals surface area (Å²) in [5.74, 6) is 0.317. The van der Waals surface area contributed by atoms with Gasteiger partial charge in [-0.3, -0.25) is 4.99 Å². The molecule has 1 aliphatic rings. The second kappa shape index (κ2) is 4.96. The van der Waals surface area contributed by atoms with Gasteiger partial charge in [-0.05, 0) is 25.0 Å². The van der Waals surface area contributed by atoms with Gasteiger partial charge in [0.1, 0.15) is 5.75 Å². The number of benzene rings is 1. The first-order valence-electron chi connectivity index (χ1n) is 5.67. The van der Waals surface area contributed by atoms with Gasteiger partial charge in [-0.1, -0.05) is 31.4 Å². The summed E-state index contributed by atoms with van der Waals surface area (Å²) in [5.41, 5.74) is 0.822. The van der Waals surface area contributed by atoms with E-state index in [0.29, 0.717) is 11.8 Å². The first-order chi connectivity index (χ1) is 7.36. The van der Waals surface area contributed by atoms with Crippen LogP contribution < -0.4 is 0 Å². The lowest BCUT2D eigenvalue weighted by molar-refractivity contribution is 0.444. The minimum atomic E-state index is 0.317. The highest BCUT2D eigenvalue weighted by atomic mass is 16.3. The standard InChI is InChI=1S/C13H17NO/c15-13-9-5-4-6-11(13)10-14-12-7-2-1-3-8-12/h4-6,9-10,12,15H,1-3,7-8H2/b14-10+. The maximum absolute atomic E-state index is 9.55. The second-order valence-corrected chi connectivity index (χ2v) is 4.13. The number of nitrogens with zero attached hydrogens (tertiary/aromatic N) is 1. The third-order valence-corrected chi connectivity index (χ3v) is 2.94. The Bertz CT molecular complexity index is 340. The van der Waals surface area contributed by atoms with E-state index >= 15 is 0 Å². The minimum absolute atomic E-state index is 0.317. The molecule has 0 spiro atoms. The molecule has 0 atom stereocenters. The molecule has 0 radical (unpaired) electrons. The van der Waals surface area contributed by atoms with Gasteiger partial charge < -0.3 is 5.11 Å². The Morgan fingerprint density at radius 1 is 1.13 bits per heavy atom. The quantitative estimate of drug-likeness (QED) is 0.736. The van der Waals surface area contributed by atoms with E-state index in [1.807, 2.05) is 24.4 Å². The Balaban J connectivity index is 2.01. The topological polar surface area (TPSA) is 32.6 Å². The predicted molar refractivity (Wildman–Crippen MR) is 62.6 cm³/mol. The molecule has 0 heterocycles. The van der Waals surface area contributed by atoms with Crippen LogP contribution in [0.2, 0.25) is 0 Å². The van der Waals surface area contributed by atoms with Crippen molar-refractivity contribution in [3.05, 3.63) is 29.8 Å². The lowest BCUT2D eigenvalue weighted by atomic mass is 9.96. The zero-order valence-corrected chi connectivity index (χ0v) is 8.89. The average molecular weight is 203 g/mol. The van der Waals surface area contributed by atoms with Crippen LogP contribution in [0.3, 0.4) is 0 Å². The number of aliphatic imine (C=N–C) groups is 1. The summed E-state index contributed by atoms with van der Waals surface area (Å²) in [7, 11) is 0. The van der Waals surface area contributed by atoms with E-state index in [4.69, 9.17) is 0 Å². The van der Waals surface area contributed by atoms with E-state index in [9.17, 15) is 5.11 Å². The monoisotopic (exact) mass is 203 g/mol. The summed E-state index contributed by atoms with van der Waals surface area (Å²) in [6.45, 7) is 0. The Morgan fingerprint density at radius 2 is 1.87 bits per heavy atom. The number of hydrogen-bond donors (Lipinski definition) is 1. The Hall–Kier alpha value is -1.31. The Kier molecular flexibility index (Phi) is 3.38. The number of phenols is 1. The largest absolute Gasteiger partial charge is 0.507 e. The molecule has 80 valence electrons. The van der Waals surface area contributed by atoms with E-state index in [0.717, 1.165) is 5.56 Å². The Labute approximate surface area is 90.7 Å². The fourth-order valence-corrected chi connectivity index (χ4v) is 2.01. The fraction of sp³-hybridized carbons (Fsp3) is 0.462. The van der Waals surface area contributed by atoms with Crippen molar-refractivity contribution in [3.8, 4) is 5.75 Å². The molecule has 1 aromatic rings. The van der Waals surface area contributed by atoms with Crippen LogP contribution in [0, 0.1) is 0 Å². The predicted octanol–water partition coefficient (Wildman–Crippen LogP) is 3.14. The van der Waals surface area contributed by atoms with Gasteiger partial charge in [0, 0.05) is 17.8 Å². The third kappa shape index (κ3) is 2.82. The van der Waals surface area contributed by atoms with Crippen molar-refractivity contribution in [2.24, 2.45) is 4.99 Å². The minimum Gasteiger partial charge on any atom is -0.507 e. The summed E-state index contributed by atoms with van der Waals surface area (Å²) in [6.07, 6.45) is 8.15. The van der Waals surface area contributed by atoms with Crippen LogP contribution in [-0.4, -0.2) is 17.4 Å². The highest BCUT2D eigenvalue weighted by Crippen LogP contribution is 2.21. The van der Waals surface area contributed by atoms with E-state index < -0.39 is 0 Å². The summed E-state index contributed by atoms with van der Waals surface area (Å²) in [4.78, 5) is 4.53. The number of rotatable bonds is 2. The first kappa shape index (κ1) is 10.2. The molecule has 15 heavy (non-hydrogen) atoms. The van der Waals surface area contributed by atoms with Gasteiger partial charge in [0.25, 0.3) is 0 Å². The lowest BCUT2D eigenvalue weighted by Crippen LogP contribution is -2.09. The molecule has 2 rings (SSSR count). The van der Waals surface area contributed by atoms with Crippen LogP contribution >= 0.6 is 0 Å². The maximum Gasteiger partial charge on any atom is 0.124 e. The van der Waals surface area contributed by atoms with Gasteiger partial charge in [0.15, 0.2) is 0 Å². The zero-order chi connectivity index (χ0) is 10.5. The molecule has 1 saturated carbocycles. The van der Waals surface area contributed by atoms with E-state index in [1.54, 1.807) is 6.07 Å². The van der Waals surface area contributed by atoms with Gasteiger partial charge in [-0.25, -0.2) is 0 Å². The van der Waals surface area contributed by atoms with Crippen molar-refractivity contribution in [2.45, 2.75) is 38.1 Å².